The lowest BCUT2D eigenvalue weighted by Crippen LogP contribution is -2.54. The number of para-hydroxylation sites is 1. The molecule has 1 aromatic rings. The van der Waals surface area contributed by atoms with E-state index in [1.54, 1.807) is 6.08 Å². The molecule has 138 valence electrons. The number of nitrogens with one attached hydrogen (secondary N) is 1. The van der Waals surface area contributed by atoms with Crippen LogP contribution in [0.2, 0.25) is 0 Å². The zero-order valence-electron chi connectivity index (χ0n) is 15.1. The van der Waals surface area contributed by atoms with Gasteiger partial charge in [-0.1, -0.05) is 31.0 Å². The van der Waals surface area contributed by atoms with E-state index in [0.29, 0.717) is 11.7 Å². The fraction of sp³-hybridized carbons (Fsp3) is 0.500. The summed E-state index contributed by atoms with van der Waals surface area (Å²) in [6.45, 7) is 3.41. The lowest BCUT2D eigenvalue weighted by molar-refractivity contribution is -0.129. The molecule has 0 atom stereocenters. The quantitative estimate of drug-likeness (QED) is 0.901. The van der Waals surface area contributed by atoms with Crippen LogP contribution >= 0.6 is 0 Å². The van der Waals surface area contributed by atoms with E-state index in [-0.39, 0.29) is 18.2 Å². The van der Waals surface area contributed by atoms with Crippen molar-refractivity contribution in [1.29, 1.82) is 0 Å². The number of hydrogen-bond acceptors (Lipinski definition) is 4. The van der Waals surface area contributed by atoms with E-state index in [0.717, 1.165) is 31.9 Å². The van der Waals surface area contributed by atoms with Gasteiger partial charge >= 0.3 is 0 Å². The molecule has 2 aliphatic heterocycles. The Morgan fingerprint density at radius 1 is 1.00 bits per heavy atom. The van der Waals surface area contributed by atoms with Crippen molar-refractivity contribution in [3.05, 3.63) is 42.1 Å². The first-order chi connectivity index (χ1) is 12.7. The molecule has 6 nitrogen and oxygen atoms in total. The summed E-state index contributed by atoms with van der Waals surface area (Å²) < 4.78 is 0. The second-order valence-electron chi connectivity index (χ2n) is 7.26. The molecule has 0 aromatic heterocycles. The highest BCUT2D eigenvalue weighted by Gasteiger charge is 2.31. The molecule has 0 bridgehead atoms. The maximum Gasteiger partial charge on any atom is 0.271 e. The summed E-state index contributed by atoms with van der Waals surface area (Å²) in [4.78, 5) is 29.6. The molecular weight excluding hydrogens is 328 g/mol. The van der Waals surface area contributed by atoms with Gasteiger partial charge in [-0.15, -0.1) is 0 Å². The smallest absolute Gasteiger partial charge is 0.271 e. The van der Waals surface area contributed by atoms with Crippen molar-refractivity contribution in [2.24, 2.45) is 0 Å². The average molecular weight is 354 g/mol. The summed E-state index contributed by atoms with van der Waals surface area (Å²) in [5.74, 6) is -0.0664. The molecule has 4 rings (SSSR count). The van der Waals surface area contributed by atoms with Gasteiger partial charge in [0.1, 0.15) is 5.70 Å². The first-order valence-corrected chi connectivity index (χ1v) is 9.60. The molecule has 2 amide bonds. The molecule has 1 aliphatic carbocycles. The summed E-state index contributed by atoms with van der Waals surface area (Å²) in [6, 6.07) is 10.1. The molecular formula is C20H26N4O2. The highest BCUT2D eigenvalue weighted by atomic mass is 16.2. The third-order valence-electron chi connectivity index (χ3n) is 5.65. The molecule has 0 unspecified atom stereocenters. The van der Waals surface area contributed by atoms with E-state index in [1.165, 1.54) is 30.7 Å². The van der Waals surface area contributed by atoms with E-state index >= 15 is 0 Å². The topological polar surface area (TPSA) is 55.9 Å². The van der Waals surface area contributed by atoms with E-state index in [2.05, 4.69) is 10.3 Å². The molecule has 1 N–H and O–H groups in total. The number of nitrogens with zero attached hydrogens (tertiary/aromatic N) is 3. The molecule has 0 spiro atoms. The largest absolute Gasteiger partial charge is 0.335 e. The Hall–Kier alpha value is -2.34. The van der Waals surface area contributed by atoms with Gasteiger partial charge in [-0.2, -0.15) is 0 Å². The van der Waals surface area contributed by atoms with E-state index in [4.69, 9.17) is 0 Å². The van der Waals surface area contributed by atoms with Gasteiger partial charge in [-0.25, -0.2) is 5.01 Å². The lowest BCUT2D eigenvalue weighted by Gasteiger charge is -2.39. The standard InChI is InChI=1S/C20H26N4O2/c25-19-11-10-18(21-24(19)17-8-2-1-3-9-17)20(26)23-14-12-22(13-15-23)16-6-4-5-7-16/h1-3,8-10,16,21H,4-7,11-15H2. The SMILES string of the molecule is O=C(C1=CCC(=O)N(c2ccccc2)N1)N1CCN(C2CCCC2)CC1. The second-order valence-corrected chi connectivity index (χ2v) is 7.26. The van der Waals surface area contributed by atoms with Crippen LogP contribution in [0.25, 0.3) is 0 Å². The molecule has 0 radical (unpaired) electrons. The predicted octanol–water partition coefficient (Wildman–Crippen LogP) is 1.90. The number of hydrogen-bond donors (Lipinski definition) is 1. The van der Waals surface area contributed by atoms with Crippen LogP contribution in [-0.2, 0) is 9.59 Å². The summed E-state index contributed by atoms with van der Waals surface area (Å²) in [5, 5.41) is 1.47. The summed E-state index contributed by atoms with van der Waals surface area (Å²) in [5.41, 5.74) is 4.28. The van der Waals surface area contributed by atoms with Crippen molar-refractivity contribution in [2.75, 3.05) is 31.2 Å². The van der Waals surface area contributed by atoms with Crippen LogP contribution < -0.4 is 10.4 Å². The van der Waals surface area contributed by atoms with Gasteiger partial charge in [0.25, 0.3) is 5.91 Å². The highest BCUT2D eigenvalue weighted by molar-refractivity contribution is 6.01. The van der Waals surface area contributed by atoms with Crippen molar-refractivity contribution in [3.8, 4) is 0 Å². The van der Waals surface area contributed by atoms with Crippen LogP contribution in [-0.4, -0.2) is 53.8 Å². The van der Waals surface area contributed by atoms with Gasteiger partial charge in [0.15, 0.2) is 0 Å². The Labute approximate surface area is 154 Å². The summed E-state index contributed by atoms with van der Waals surface area (Å²) in [6.07, 6.45) is 7.23. The van der Waals surface area contributed by atoms with Crippen LogP contribution in [0.4, 0.5) is 5.69 Å². The van der Waals surface area contributed by atoms with Crippen LogP contribution in [0.15, 0.2) is 42.1 Å². The van der Waals surface area contributed by atoms with Crippen molar-refractivity contribution >= 4 is 17.5 Å². The zero-order valence-corrected chi connectivity index (χ0v) is 15.1. The van der Waals surface area contributed by atoms with Crippen LogP contribution in [0.1, 0.15) is 32.1 Å². The fourth-order valence-corrected chi connectivity index (χ4v) is 4.16. The number of benzene rings is 1. The van der Waals surface area contributed by atoms with Gasteiger partial charge in [-0.3, -0.25) is 19.9 Å². The van der Waals surface area contributed by atoms with Crippen molar-refractivity contribution in [3.63, 3.8) is 0 Å². The average Bonchev–Trinajstić information content (AvgIpc) is 3.23. The van der Waals surface area contributed by atoms with Crippen LogP contribution in [0.5, 0.6) is 0 Å². The normalized spacial score (nSPS) is 22.3. The maximum atomic E-state index is 12.9. The number of carbonyl (C=O) groups excluding carboxylic acids is 2. The first kappa shape index (κ1) is 17.1. The minimum Gasteiger partial charge on any atom is -0.335 e. The minimum atomic E-state index is -0.0567. The third-order valence-corrected chi connectivity index (χ3v) is 5.65. The van der Waals surface area contributed by atoms with Gasteiger partial charge in [-0.05, 0) is 31.1 Å². The fourth-order valence-electron chi connectivity index (χ4n) is 4.16. The Morgan fingerprint density at radius 3 is 2.38 bits per heavy atom. The number of amides is 2. The van der Waals surface area contributed by atoms with E-state index in [9.17, 15) is 9.59 Å². The van der Waals surface area contributed by atoms with E-state index < -0.39 is 0 Å². The van der Waals surface area contributed by atoms with Crippen LogP contribution in [0.3, 0.4) is 0 Å². The Bertz CT molecular complexity index is 689. The minimum absolute atomic E-state index is 0.00972. The molecule has 2 heterocycles. The Balaban J connectivity index is 1.38. The number of hydrazine groups is 1. The summed E-state index contributed by atoms with van der Waals surface area (Å²) >= 11 is 0. The Kier molecular flexibility index (Phi) is 4.93. The molecule has 1 saturated heterocycles. The predicted molar refractivity (Wildman–Crippen MR) is 100 cm³/mol. The highest BCUT2D eigenvalue weighted by Crippen LogP contribution is 2.25. The monoisotopic (exact) mass is 354 g/mol. The van der Waals surface area contributed by atoms with Gasteiger partial charge in [0.05, 0.1) is 5.69 Å². The molecule has 6 heteroatoms. The first-order valence-electron chi connectivity index (χ1n) is 9.60. The van der Waals surface area contributed by atoms with Gasteiger partial charge in [0.2, 0.25) is 5.91 Å². The molecule has 2 fully saturated rings. The zero-order chi connectivity index (χ0) is 17.9. The molecule has 1 saturated carbocycles. The number of anilines is 1. The molecule has 3 aliphatic rings. The summed E-state index contributed by atoms with van der Waals surface area (Å²) in [7, 11) is 0. The lowest BCUT2D eigenvalue weighted by atomic mass is 10.1. The number of carbonyl (C=O) groups is 2. The molecule has 26 heavy (non-hydrogen) atoms. The van der Waals surface area contributed by atoms with Crippen molar-refractivity contribution in [2.45, 2.75) is 38.1 Å². The van der Waals surface area contributed by atoms with Crippen LogP contribution in [0, 0.1) is 0 Å². The van der Waals surface area contributed by atoms with E-state index in [1.807, 2.05) is 35.2 Å². The number of rotatable bonds is 3. The maximum absolute atomic E-state index is 12.9. The number of piperazine rings is 1. The second kappa shape index (κ2) is 7.50. The Morgan fingerprint density at radius 2 is 1.69 bits per heavy atom. The van der Waals surface area contributed by atoms with Gasteiger partial charge in [0, 0.05) is 38.6 Å². The van der Waals surface area contributed by atoms with Gasteiger partial charge < -0.3 is 4.90 Å². The van der Waals surface area contributed by atoms with Crippen molar-refractivity contribution < 1.29 is 9.59 Å². The molecule has 1 aromatic carbocycles. The van der Waals surface area contributed by atoms with Crippen molar-refractivity contribution in [1.82, 2.24) is 15.2 Å². The third kappa shape index (κ3) is 3.46.